The van der Waals surface area contributed by atoms with E-state index in [1.54, 1.807) is 6.26 Å². The topological polar surface area (TPSA) is 121 Å². The first-order chi connectivity index (χ1) is 14.5. The summed E-state index contributed by atoms with van der Waals surface area (Å²) in [4.78, 5) is -0.395. The lowest BCUT2D eigenvalue weighted by atomic mass is 10.4. The van der Waals surface area contributed by atoms with Gasteiger partial charge in [-0.05, 0) is 48.7 Å². The normalized spacial score (nSPS) is 12.0. The molecule has 0 amide bonds. The number of nitrogens with zero attached hydrogens (tertiary/aromatic N) is 1. The zero-order valence-electron chi connectivity index (χ0n) is 15.7. The summed E-state index contributed by atoms with van der Waals surface area (Å²) in [5, 5.41) is 7.94. The van der Waals surface area contributed by atoms with E-state index in [0.29, 0.717) is 7.92 Å². The number of amidine groups is 1. The summed E-state index contributed by atoms with van der Waals surface area (Å²) < 4.78 is 55.1. The minimum atomic E-state index is -4.64. The third kappa shape index (κ3) is 4.71. The molecule has 1 heterocycles. The zero-order valence-corrected chi connectivity index (χ0v) is 20.5. The molecule has 0 saturated carbocycles. The molecule has 31 heavy (non-hydrogen) atoms. The maximum Gasteiger partial charge on any atom is 0.277 e. The lowest BCUT2D eigenvalue weighted by molar-refractivity contribution is 0.584. The van der Waals surface area contributed by atoms with Gasteiger partial charge in [-0.15, -0.1) is 23.1 Å². The minimum absolute atomic E-state index is 0.126. The Morgan fingerprint density at radius 1 is 0.968 bits per heavy atom. The van der Waals surface area contributed by atoms with Crippen molar-refractivity contribution in [3.63, 3.8) is 0 Å². The van der Waals surface area contributed by atoms with Crippen molar-refractivity contribution in [2.75, 3.05) is 9.97 Å². The maximum atomic E-state index is 13.6. The van der Waals surface area contributed by atoms with Crippen LogP contribution in [0.2, 0.25) is 10.0 Å². The second-order valence-corrected chi connectivity index (χ2v) is 12.8. The summed E-state index contributed by atoms with van der Waals surface area (Å²) in [6, 6.07) is 11.8. The Labute approximate surface area is 198 Å². The summed E-state index contributed by atoms with van der Waals surface area (Å²) >= 11 is 14.1. The first kappa shape index (κ1) is 23.9. The summed E-state index contributed by atoms with van der Waals surface area (Å²) in [6.45, 7) is 0. The fraction of sp³-hybridized carbons (Fsp3) is 0.0556. The van der Waals surface area contributed by atoms with Crippen LogP contribution in [0, 0.1) is 5.41 Å². The van der Waals surface area contributed by atoms with E-state index in [0.717, 1.165) is 35.2 Å². The molecule has 0 aliphatic carbocycles. The molecule has 0 aliphatic heterocycles. The van der Waals surface area contributed by atoms with Gasteiger partial charge in [-0.1, -0.05) is 35.3 Å². The van der Waals surface area contributed by atoms with Gasteiger partial charge in [0.1, 0.15) is 5.84 Å². The standard InChI is InChI=1S/C18H15Cl2N3O4S4/c1-28-18-15(10-16(29-18)17(21)22)23(30(24,25)13-6-2-4-11(19)8-13)31(26,27)14-7-3-5-12(20)9-14/h2-10H,1H3,(H3,21,22). The molecule has 0 atom stereocenters. The number of rotatable bonds is 7. The highest BCUT2D eigenvalue weighted by atomic mass is 35.5. The van der Waals surface area contributed by atoms with Gasteiger partial charge in [0.05, 0.1) is 24.6 Å². The number of benzene rings is 2. The van der Waals surface area contributed by atoms with Gasteiger partial charge in [-0.2, -0.15) is 3.71 Å². The van der Waals surface area contributed by atoms with E-state index in [4.69, 9.17) is 34.3 Å². The smallest absolute Gasteiger partial charge is 0.277 e. The zero-order chi connectivity index (χ0) is 23.0. The monoisotopic (exact) mass is 535 g/mol. The fourth-order valence-corrected chi connectivity index (χ4v) is 8.84. The van der Waals surface area contributed by atoms with E-state index in [1.807, 2.05) is 0 Å². The Kier molecular flexibility index (Phi) is 6.94. The molecule has 0 aliphatic rings. The highest BCUT2D eigenvalue weighted by Crippen LogP contribution is 2.42. The number of hydrogen-bond donors (Lipinski definition) is 2. The van der Waals surface area contributed by atoms with Crippen LogP contribution in [0.1, 0.15) is 4.88 Å². The summed E-state index contributed by atoms with van der Waals surface area (Å²) in [5.74, 6) is -0.313. The summed E-state index contributed by atoms with van der Waals surface area (Å²) in [6.07, 6.45) is 1.66. The van der Waals surface area contributed by atoms with Crippen LogP contribution in [-0.2, 0) is 20.0 Å². The van der Waals surface area contributed by atoms with Crippen LogP contribution in [0.4, 0.5) is 5.69 Å². The van der Waals surface area contributed by atoms with Crippen LogP contribution < -0.4 is 9.44 Å². The van der Waals surface area contributed by atoms with E-state index < -0.39 is 20.0 Å². The lowest BCUT2D eigenvalue weighted by Crippen LogP contribution is -2.37. The summed E-state index contributed by atoms with van der Waals surface area (Å²) in [7, 11) is -9.28. The van der Waals surface area contributed by atoms with Crippen molar-refractivity contribution in [3.05, 3.63) is 69.5 Å². The number of sulfonamides is 2. The van der Waals surface area contributed by atoms with Gasteiger partial charge in [0.25, 0.3) is 20.0 Å². The SMILES string of the molecule is CSc1sc(C(=N)N)cc1N(S(=O)(=O)c1cccc(Cl)c1)S(=O)(=O)c1cccc(Cl)c1. The van der Waals surface area contributed by atoms with Gasteiger partial charge < -0.3 is 5.73 Å². The molecule has 2 aromatic carbocycles. The van der Waals surface area contributed by atoms with Crippen LogP contribution in [-0.4, -0.2) is 28.9 Å². The molecule has 164 valence electrons. The van der Waals surface area contributed by atoms with E-state index in [2.05, 4.69) is 0 Å². The van der Waals surface area contributed by atoms with Gasteiger partial charge in [-0.3, -0.25) is 5.41 Å². The number of hydrogen-bond acceptors (Lipinski definition) is 7. The van der Waals surface area contributed by atoms with Gasteiger partial charge >= 0.3 is 0 Å². The van der Waals surface area contributed by atoms with Gasteiger partial charge in [0.2, 0.25) is 0 Å². The van der Waals surface area contributed by atoms with Crippen molar-refractivity contribution in [2.24, 2.45) is 5.73 Å². The molecular formula is C18H15Cl2N3O4S4. The van der Waals surface area contributed by atoms with Gasteiger partial charge in [0.15, 0.2) is 0 Å². The van der Waals surface area contributed by atoms with Crippen LogP contribution in [0.25, 0.3) is 0 Å². The van der Waals surface area contributed by atoms with E-state index in [-0.39, 0.29) is 36.2 Å². The van der Waals surface area contributed by atoms with Gasteiger partial charge in [-0.25, -0.2) is 16.8 Å². The van der Waals surface area contributed by atoms with Crippen molar-refractivity contribution >= 4 is 77.9 Å². The Morgan fingerprint density at radius 3 is 1.84 bits per heavy atom. The van der Waals surface area contributed by atoms with E-state index in [9.17, 15) is 16.8 Å². The molecule has 0 fully saturated rings. The quantitative estimate of drug-likeness (QED) is 0.258. The molecule has 0 spiro atoms. The maximum absolute atomic E-state index is 13.6. The highest BCUT2D eigenvalue weighted by molar-refractivity contribution is 8.10. The van der Waals surface area contributed by atoms with Crippen molar-refractivity contribution in [1.29, 1.82) is 5.41 Å². The second-order valence-electron chi connectivity index (χ2n) is 6.02. The molecule has 0 saturated heterocycles. The number of anilines is 1. The Bertz CT molecular complexity index is 1300. The molecular weight excluding hydrogens is 521 g/mol. The molecule has 3 rings (SSSR count). The number of halogens is 2. The Morgan fingerprint density at radius 2 is 1.45 bits per heavy atom. The van der Waals surface area contributed by atoms with Crippen LogP contribution >= 0.6 is 46.3 Å². The first-order valence-electron chi connectivity index (χ1n) is 8.32. The van der Waals surface area contributed by atoms with Crippen molar-refractivity contribution in [3.8, 4) is 0 Å². The van der Waals surface area contributed by atoms with Crippen molar-refractivity contribution in [2.45, 2.75) is 14.0 Å². The molecule has 0 bridgehead atoms. The van der Waals surface area contributed by atoms with Crippen molar-refractivity contribution in [1.82, 2.24) is 0 Å². The predicted molar refractivity (Wildman–Crippen MR) is 127 cm³/mol. The predicted octanol–water partition coefficient (Wildman–Crippen LogP) is 4.65. The number of nitrogens with one attached hydrogen (secondary N) is 1. The Balaban J connectivity index is 2.36. The van der Waals surface area contributed by atoms with Crippen LogP contribution in [0.15, 0.2) is 68.6 Å². The van der Waals surface area contributed by atoms with E-state index in [1.165, 1.54) is 42.5 Å². The van der Waals surface area contributed by atoms with Crippen LogP contribution in [0.3, 0.4) is 0 Å². The van der Waals surface area contributed by atoms with Gasteiger partial charge in [0, 0.05) is 10.0 Å². The second kappa shape index (κ2) is 9.00. The molecule has 0 radical (unpaired) electrons. The number of nitrogen functional groups attached to an aromatic ring is 1. The minimum Gasteiger partial charge on any atom is -0.383 e. The largest absolute Gasteiger partial charge is 0.383 e. The molecule has 3 N–H and O–H groups in total. The van der Waals surface area contributed by atoms with Crippen LogP contribution in [0.5, 0.6) is 0 Å². The number of nitrogens with two attached hydrogens (primary N) is 1. The van der Waals surface area contributed by atoms with E-state index >= 15 is 0 Å². The average Bonchev–Trinajstić information content (AvgIpc) is 3.11. The molecule has 7 nitrogen and oxygen atoms in total. The van der Waals surface area contributed by atoms with Crippen molar-refractivity contribution < 1.29 is 16.8 Å². The number of thioether (sulfide) groups is 1. The third-order valence-electron chi connectivity index (χ3n) is 3.95. The fourth-order valence-electron chi connectivity index (χ4n) is 2.61. The molecule has 13 heteroatoms. The highest BCUT2D eigenvalue weighted by Gasteiger charge is 2.39. The molecule has 3 aromatic rings. The number of thiophene rings is 1. The Hall–Kier alpha value is -1.76. The average molecular weight is 537 g/mol. The summed E-state index contributed by atoms with van der Waals surface area (Å²) in [5.41, 5.74) is 5.43. The third-order valence-corrected chi connectivity index (χ3v) is 10.8. The lowest BCUT2D eigenvalue weighted by Gasteiger charge is -2.24. The molecule has 0 unspecified atom stereocenters. The molecule has 1 aromatic heterocycles. The first-order valence-corrected chi connectivity index (χ1v) is 14.0.